The van der Waals surface area contributed by atoms with Gasteiger partial charge in [-0.25, -0.2) is 18.2 Å². The van der Waals surface area contributed by atoms with Crippen molar-refractivity contribution < 1.29 is 46.5 Å². The van der Waals surface area contributed by atoms with E-state index in [-0.39, 0.29) is 38.5 Å². The van der Waals surface area contributed by atoms with Gasteiger partial charge in [0.25, 0.3) is 5.91 Å². The molecule has 338 valence electrons. The monoisotopic (exact) mass is 885 g/mol. The Balaban J connectivity index is 1.17. The number of pyridine rings is 1. The predicted molar refractivity (Wildman–Crippen MR) is 234 cm³/mol. The number of methoxy groups -OCH3 is 1. The molecule has 63 heavy (non-hydrogen) atoms. The zero-order chi connectivity index (χ0) is 44.5. The van der Waals surface area contributed by atoms with E-state index in [0.717, 1.165) is 43.2 Å². The van der Waals surface area contributed by atoms with Gasteiger partial charge in [0.05, 0.1) is 31.0 Å². The van der Waals surface area contributed by atoms with E-state index in [1.165, 1.54) is 11.0 Å². The summed E-state index contributed by atoms with van der Waals surface area (Å²) in [5.74, 6) is -1.29. The van der Waals surface area contributed by atoms with Crippen LogP contribution in [0.1, 0.15) is 95.6 Å². The number of nitrogens with zero attached hydrogens (tertiary/aromatic N) is 2. The number of carbonyl (C=O) groups excluding carboxylic acids is 4. The van der Waals surface area contributed by atoms with Gasteiger partial charge in [-0.1, -0.05) is 69.5 Å². The number of amides is 4. The van der Waals surface area contributed by atoms with E-state index in [9.17, 15) is 22.8 Å². The van der Waals surface area contributed by atoms with Gasteiger partial charge in [-0.05, 0) is 79.9 Å². The molecule has 4 bridgehead atoms. The molecule has 0 spiro atoms. The van der Waals surface area contributed by atoms with Crippen molar-refractivity contribution in [2.75, 3.05) is 20.3 Å². The highest BCUT2D eigenvalue weighted by Gasteiger charge is 2.62. The summed E-state index contributed by atoms with van der Waals surface area (Å²) >= 11 is 0. The van der Waals surface area contributed by atoms with Crippen molar-refractivity contribution in [3.8, 4) is 17.4 Å². The second-order valence-electron chi connectivity index (χ2n) is 18.7. The Labute approximate surface area is 369 Å². The van der Waals surface area contributed by atoms with Crippen molar-refractivity contribution in [1.29, 1.82) is 0 Å². The van der Waals surface area contributed by atoms with Crippen molar-refractivity contribution in [2.45, 2.75) is 126 Å². The lowest BCUT2D eigenvalue weighted by Gasteiger charge is -2.35. The molecule has 15 nitrogen and oxygen atoms in total. The number of alkyl carbamates (subject to hydrolysis) is 1. The van der Waals surface area contributed by atoms with Gasteiger partial charge in [0, 0.05) is 29.9 Å². The van der Waals surface area contributed by atoms with Crippen LogP contribution in [0.25, 0.3) is 10.9 Å². The van der Waals surface area contributed by atoms with Crippen molar-refractivity contribution in [1.82, 2.24) is 25.2 Å². The molecule has 5 aliphatic rings. The quantitative estimate of drug-likeness (QED) is 0.195. The van der Waals surface area contributed by atoms with E-state index < -0.39 is 74.1 Å². The number of nitrogens with one attached hydrogen (secondary N) is 3. The van der Waals surface area contributed by atoms with E-state index in [1.807, 2.05) is 56.3 Å². The number of aromatic nitrogens is 1. The van der Waals surface area contributed by atoms with Gasteiger partial charge in [-0.15, -0.1) is 6.58 Å². The molecule has 3 N–H and O–H groups in total. The number of rotatable bonds is 11. The summed E-state index contributed by atoms with van der Waals surface area (Å²) in [6, 6.07) is 13.1. The molecule has 1 saturated heterocycles. The van der Waals surface area contributed by atoms with Crippen LogP contribution in [-0.4, -0.2) is 91.4 Å². The maximum absolute atomic E-state index is 15.1. The second-order valence-corrected chi connectivity index (χ2v) is 20.7. The van der Waals surface area contributed by atoms with Crippen molar-refractivity contribution in [3.05, 3.63) is 72.3 Å². The van der Waals surface area contributed by atoms with E-state index in [2.05, 4.69) is 21.9 Å². The topological polar surface area (TPSA) is 192 Å². The lowest BCUT2D eigenvalue weighted by molar-refractivity contribution is -0.142. The summed E-state index contributed by atoms with van der Waals surface area (Å²) in [6.45, 7) is 8.24. The molecule has 0 unspecified atom stereocenters. The Morgan fingerprint density at radius 3 is 2.51 bits per heavy atom. The fraction of sp³-hybridized carbons (Fsp3) is 0.553. The summed E-state index contributed by atoms with van der Waals surface area (Å²) in [7, 11) is -2.31. The Morgan fingerprint density at radius 1 is 1.05 bits per heavy atom. The van der Waals surface area contributed by atoms with Gasteiger partial charge in [-0.2, -0.15) is 0 Å². The molecule has 3 heterocycles. The standard InChI is InChI=1S/C47H59N5O10S/c1-5-32-25-47(32,44(55)51-63(57,58)34-18-19-34)50-42(53)37-22-33-26-52(37)43(54)41(30-15-10-7-11-16-30)49-45(56)61-28-46(2,3)20-12-17-31-21-35-36(23-38(31)59-4)48-40(24-39(35)62-33)60-27-29-13-8-6-9-14-29/h5-6,8-9,13-14,21,23-24,30,32-34,37,41H,1,7,10-12,15-20,22,25-28H2,2-4H3,(H,49,56)(H,50,53)(H,51,55)/t32-,33+,37-,41-,47-/m0/s1. The summed E-state index contributed by atoms with van der Waals surface area (Å²) in [4.78, 5) is 63.4. The van der Waals surface area contributed by atoms with Gasteiger partial charge in [0.15, 0.2) is 0 Å². The number of ether oxygens (including phenoxy) is 4. The number of hydrogen-bond acceptors (Lipinski definition) is 11. The number of hydrogen-bond donors (Lipinski definition) is 3. The van der Waals surface area contributed by atoms with Crippen LogP contribution < -0.4 is 29.6 Å². The molecular weight excluding hydrogens is 827 g/mol. The number of sulfonamides is 1. The number of cyclic esters (lactones) is 1. The molecule has 4 fully saturated rings. The SMILES string of the molecule is C=C[C@H]1C[C@@]1(NC(=O)[C@@H]1C[C@@H]2CN1C(=O)[C@H](C1CCCCC1)NC(=O)OCC(C)(C)CCCc1cc3c(cc(OCc4ccccc4)nc3cc1OC)O2)C(=O)NS(=O)(=O)C1CC1. The smallest absolute Gasteiger partial charge is 0.407 e. The second kappa shape index (κ2) is 18.0. The van der Waals surface area contributed by atoms with Gasteiger partial charge < -0.3 is 34.5 Å². The average molecular weight is 886 g/mol. The predicted octanol–water partition coefficient (Wildman–Crippen LogP) is 5.88. The maximum atomic E-state index is 15.1. The summed E-state index contributed by atoms with van der Waals surface area (Å²) in [5.41, 5.74) is 0.475. The zero-order valence-electron chi connectivity index (χ0n) is 36.4. The van der Waals surface area contributed by atoms with Gasteiger partial charge in [-0.3, -0.25) is 19.1 Å². The Kier molecular flexibility index (Phi) is 12.6. The highest BCUT2D eigenvalue weighted by atomic mass is 32.2. The number of benzene rings is 2. The minimum atomic E-state index is -3.93. The molecule has 0 radical (unpaired) electrons. The molecule has 8 rings (SSSR count). The summed E-state index contributed by atoms with van der Waals surface area (Å²) < 4.78 is 52.8. The van der Waals surface area contributed by atoms with Crippen LogP contribution in [-0.2, 0) is 42.2 Å². The first-order chi connectivity index (χ1) is 30.2. The van der Waals surface area contributed by atoms with E-state index in [1.54, 1.807) is 13.2 Å². The molecule has 3 aliphatic carbocycles. The third kappa shape index (κ3) is 9.90. The first-order valence-corrected chi connectivity index (χ1v) is 23.8. The van der Waals surface area contributed by atoms with Crippen molar-refractivity contribution in [2.24, 2.45) is 17.3 Å². The van der Waals surface area contributed by atoms with Crippen LogP contribution in [0.5, 0.6) is 17.4 Å². The third-order valence-corrected chi connectivity index (χ3v) is 15.1. The van der Waals surface area contributed by atoms with Crippen LogP contribution >= 0.6 is 0 Å². The van der Waals surface area contributed by atoms with Crippen molar-refractivity contribution in [3.63, 3.8) is 0 Å². The van der Waals surface area contributed by atoms with Crippen LogP contribution in [0.3, 0.4) is 0 Å². The summed E-state index contributed by atoms with van der Waals surface area (Å²) in [6.07, 6.45) is 7.48. The Bertz CT molecular complexity index is 2350. The van der Waals surface area contributed by atoms with Crippen LogP contribution in [0, 0.1) is 17.3 Å². The highest BCUT2D eigenvalue weighted by Crippen LogP contribution is 2.46. The molecule has 16 heteroatoms. The van der Waals surface area contributed by atoms with Gasteiger partial charge in [0.1, 0.15) is 41.8 Å². The highest BCUT2D eigenvalue weighted by molar-refractivity contribution is 7.91. The summed E-state index contributed by atoms with van der Waals surface area (Å²) in [5, 5.41) is 5.83. The van der Waals surface area contributed by atoms with Crippen LogP contribution in [0.15, 0.2) is 61.2 Å². The number of aryl methyl sites for hydroxylation is 1. The normalized spacial score (nSPS) is 26.6. The number of carbonyl (C=O) groups is 4. The molecule has 3 saturated carbocycles. The minimum absolute atomic E-state index is 0.0253. The average Bonchev–Trinajstić information content (AvgIpc) is 4.21. The maximum Gasteiger partial charge on any atom is 0.407 e. The zero-order valence-corrected chi connectivity index (χ0v) is 37.2. The molecule has 2 aliphatic heterocycles. The molecule has 5 atom stereocenters. The first-order valence-electron chi connectivity index (χ1n) is 22.3. The van der Waals surface area contributed by atoms with Gasteiger partial charge >= 0.3 is 6.09 Å². The van der Waals surface area contributed by atoms with Gasteiger partial charge in [0.2, 0.25) is 27.7 Å². The lowest BCUT2D eigenvalue weighted by atomic mass is 9.83. The van der Waals surface area contributed by atoms with E-state index in [0.29, 0.717) is 60.4 Å². The molecular formula is C47H59N5O10S. The Morgan fingerprint density at radius 2 is 1.81 bits per heavy atom. The molecule has 2 aromatic carbocycles. The molecule has 1 aromatic heterocycles. The minimum Gasteiger partial charge on any atom is -0.496 e. The van der Waals surface area contributed by atoms with Crippen LogP contribution in [0.4, 0.5) is 4.79 Å². The number of fused-ring (bicyclic) bond motifs is 3. The first kappa shape index (κ1) is 44.2. The Hall–Kier alpha value is -5.38. The van der Waals surface area contributed by atoms with Crippen LogP contribution in [0.2, 0.25) is 0 Å². The van der Waals surface area contributed by atoms with E-state index in [4.69, 9.17) is 23.9 Å². The largest absolute Gasteiger partial charge is 0.496 e. The fourth-order valence-electron chi connectivity index (χ4n) is 9.39. The molecule has 3 aromatic rings. The van der Waals surface area contributed by atoms with E-state index >= 15 is 4.79 Å². The molecule has 4 amide bonds. The fourth-order valence-corrected chi connectivity index (χ4v) is 10.8. The van der Waals surface area contributed by atoms with Crippen molar-refractivity contribution >= 4 is 44.7 Å². The third-order valence-electron chi connectivity index (χ3n) is 13.3. The lowest BCUT2D eigenvalue weighted by Crippen LogP contribution is -2.59.